The Kier molecular flexibility index (Phi) is 7.03. The van der Waals surface area contributed by atoms with Crippen molar-refractivity contribution in [3.63, 3.8) is 0 Å². The van der Waals surface area contributed by atoms with Crippen molar-refractivity contribution in [3.8, 4) is 11.5 Å². The molecule has 1 aliphatic heterocycles. The second kappa shape index (κ2) is 9.52. The van der Waals surface area contributed by atoms with E-state index < -0.39 is 21.4 Å². The van der Waals surface area contributed by atoms with E-state index in [1.807, 2.05) is 6.92 Å². The molecular weight excluding hydrogens is 432 g/mol. The normalized spacial score (nSPS) is 18.6. The van der Waals surface area contributed by atoms with Crippen molar-refractivity contribution >= 4 is 38.9 Å². The average molecular weight is 455 g/mol. The van der Waals surface area contributed by atoms with E-state index in [2.05, 4.69) is 20.9 Å². The number of amides is 1. The van der Waals surface area contributed by atoms with E-state index in [4.69, 9.17) is 21.1 Å². The first kappa shape index (κ1) is 22.2. The molecule has 2 aromatic rings. The van der Waals surface area contributed by atoms with Gasteiger partial charge in [-0.15, -0.1) is 0 Å². The quantitative estimate of drug-likeness (QED) is 0.483. The summed E-state index contributed by atoms with van der Waals surface area (Å²) in [5.41, 5.74) is 6.27. The number of carbonyl (C=O) groups is 1. The third-order valence-electron chi connectivity index (χ3n) is 4.40. The van der Waals surface area contributed by atoms with Gasteiger partial charge in [0.05, 0.1) is 18.7 Å². The van der Waals surface area contributed by atoms with E-state index in [1.165, 1.54) is 7.11 Å². The molecule has 2 aromatic carbocycles. The zero-order chi connectivity index (χ0) is 21.7. The number of benzene rings is 2. The molecule has 0 saturated carbocycles. The number of anilines is 2. The van der Waals surface area contributed by atoms with Gasteiger partial charge in [0.15, 0.2) is 0 Å². The molecule has 0 aromatic heterocycles. The summed E-state index contributed by atoms with van der Waals surface area (Å²) in [6.07, 6.45) is 0.0437. The van der Waals surface area contributed by atoms with Gasteiger partial charge in [-0.05, 0) is 49.4 Å². The van der Waals surface area contributed by atoms with Crippen LogP contribution in [0.3, 0.4) is 0 Å². The first-order valence-electron chi connectivity index (χ1n) is 9.22. The maximum atomic E-state index is 12.6. The Morgan fingerprint density at radius 1 is 1.17 bits per heavy atom. The highest BCUT2D eigenvalue weighted by atomic mass is 35.5. The Labute approximate surface area is 180 Å². The molecule has 1 aliphatic rings. The standard InChI is InChI=1S/C19H23ClN4O5S/c1-3-29-14-7-4-12(5-8-14)24-30(26,27)18-11-16(22-23-18)19(25)21-13-6-9-17(28-2)15(20)10-13/h4-10,16,18,22-24H,3,11H2,1-2H3,(H,21,25). The molecule has 0 radical (unpaired) electrons. The second-order valence-corrected chi connectivity index (χ2v) is 8.78. The van der Waals surface area contributed by atoms with Gasteiger partial charge in [-0.25, -0.2) is 19.3 Å². The molecule has 4 N–H and O–H groups in total. The molecule has 30 heavy (non-hydrogen) atoms. The highest BCUT2D eigenvalue weighted by molar-refractivity contribution is 7.93. The van der Waals surface area contributed by atoms with Crippen LogP contribution in [0.4, 0.5) is 11.4 Å². The molecule has 162 valence electrons. The minimum atomic E-state index is -3.78. The third kappa shape index (κ3) is 5.33. The van der Waals surface area contributed by atoms with E-state index in [0.29, 0.717) is 34.5 Å². The van der Waals surface area contributed by atoms with E-state index in [0.717, 1.165) is 0 Å². The summed E-state index contributed by atoms with van der Waals surface area (Å²) in [6, 6.07) is 10.7. The highest BCUT2D eigenvalue weighted by Gasteiger charge is 2.37. The van der Waals surface area contributed by atoms with Gasteiger partial charge in [0.1, 0.15) is 22.9 Å². The Morgan fingerprint density at radius 2 is 1.87 bits per heavy atom. The first-order chi connectivity index (χ1) is 14.3. The molecule has 1 amide bonds. The molecule has 3 rings (SSSR count). The zero-order valence-corrected chi connectivity index (χ0v) is 18.0. The number of carbonyl (C=O) groups excluding carboxylic acids is 1. The van der Waals surface area contributed by atoms with E-state index in [1.54, 1.807) is 42.5 Å². The van der Waals surface area contributed by atoms with E-state index in [9.17, 15) is 13.2 Å². The van der Waals surface area contributed by atoms with Crippen molar-refractivity contribution in [1.29, 1.82) is 0 Å². The molecule has 2 atom stereocenters. The van der Waals surface area contributed by atoms with Crippen molar-refractivity contribution < 1.29 is 22.7 Å². The van der Waals surface area contributed by atoms with Crippen LogP contribution >= 0.6 is 11.6 Å². The van der Waals surface area contributed by atoms with Crippen molar-refractivity contribution in [2.75, 3.05) is 23.8 Å². The van der Waals surface area contributed by atoms with Gasteiger partial charge in [-0.2, -0.15) is 0 Å². The first-order valence-corrected chi connectivity index (χ1v) is 11.1. The van der Waals surface area contributed by atoms with Crippen molar-refractivity contribution in [2.45, 2.75) is 24.8 Å². The number of rotatable bonds is 8. The molecule has 0 bridgehead atoms. The molecular formula is C19H23ClN4O5S. The van der Waals surface area contributed by atoms with Crippen LogP contribution in [0, 0.1) is 0 Å². The van der Waals surface area contributed by atoms with Crippen molar-refractivity contribution in [1.82, 2.24) is 10.9 Å². The Bertz CT molecular complexity index is 1000. The fourth-order valence-corrected chi connectivity index (χ4v) is 4.43. The van der Waals surface area contributed by atoms with Gasteiger partial charge in [0.2, 0.25) is 15.9 Å². The predicted octanol–water partition coefficient (Wildman–Crippen LogP) is 2.32. The van der Waals surface area contributed by atoms with Gasteiger partial charge in [0, 0.05) is 17.8 Å². The fourth-order valence-electron chi connectivity index (χ4n) is 2.90. The lowest BCUT2D eigenvalue weighted by Gasteiger charge is -2.14. The van der Waals surface area contributed by atoms with E-state index in [-0.39, 0.29) is 12.3 Å². The maximum absolute atomic E-state index is 12.6. The maximum Gasteiger partial charge on any atom is 0.250 e. The molecule has 1 saturated heterocycles. The highest BCUT2D eigenvalue weighted by Crippen LogP contribution is 2.27. The zero-order valence-electron chi connectivity index (χ0n) is 16.4. The van der Waals surface area contributed by atoms with Crippen LogP contribution < -0.4 is 30.4 Å². The summed E-state index contributed by atoms with van der Waals surface area (Å²) in [6.45, 7) is 2.39. The number of methoxy groups -OCH3 is 1. The smallest absolute Gasteiger partial charge is 0.250 e. The number of halogens is 1. The van der Waals surface area contributed by atoms with Crippen molar-refractivity contribution in [3.05, 3.63) is 47.5 Å². The number of hydrogen-bond donors (Lipinski definition) is 4. The summed E-state index contributed by atoms with van der Waals surface area (Å²) in [7, 11) is -2.28. The summed E-state index contributed by atoms with van der Waals surface area (Å²) >= 11 is 6.06. The molecule has 0 spiro atoms. The molecule has 1 heterocycles. The average Bonchev–Trinajstić information content (AvgIpc) is 3.21. The summed E-state index contributed by atoms with van der Waals surface area (Å²) in [5.74, 6) is 0.751. The minimum absolute atomic E-state index is 0.0437. The summed E-state index contributed by atoms with van der Waals surface area (Å²) < 4.78 is 38.2. The number of hydrogen-bond acceptors (Lipinski definition) is 7. The lowest BCUT2D eigenvalue weighted by Crippen LogP contribution is -2.42. The van der Waals surface area contributed by atoms with Crippen LogP contribution in [0.2, 0.25) is 5.02 Å². The molecule has 11 heteroatoms. The molecule has 2 unspecified atom stereocenters. The second-order valence-electron chi connectivity index (χ2n) is 6.51. The number of nitrogens with one attached hydrogen (secondary N) is 4. The topological polar surface area (TPSA) is 118 Å². The van der Waals surface area contributed by atoms with Crippen molar-refractivity contribution in [2.24, 2.45) is 0 Å². The molecule has 9 nitrogen and oxygen atoms in total. The van der Waals surface area contributed by atoms with Gasteiger partial charge in [-0.3, -0.25) is 9.52 Å². The Hall–Kier alpha value is -2.53. The van der Waals surface area contributed by atoms with Gasteiger partial charge < -0.3 is 14.8 Å². The SMILES string of the molecule is CCOc1ccc(NS(=O)(=O)C2CC(C(=O)Nc3ccc(OC)c(Cl)c3)NN2)cc1. The predicted molar refractivity (Wildman–Crippen MR) is 115 cm³/mol. The van der Waals surface area contributed by atoms with Crippen LogP contribution in [0.25, 0.3) is 0 Å². The van der Waals surface area contributed by atoms with E-state index >= 15 is 0 Å². The molecule has 1 fully saturated rings. The van der Waals surface area contributed by atoms with Gasteiger partial charge in [-0.1, -0.05) is 11.6 Å². The Balaban J connectivity index is 1.59. The van der Waals surface area contributed by atoms with Crippen LogP contribution in [-0.2, 0) is 14.8 Å². The van der Waals surface area contributed by atoms with Gasteiger partial charge in [0.25, 0.3) is 0 Å². The lowest BCUT2D eigenvalue weighted by atomic mass is 10.2. The monoisotopic (exact) mass is 454 g/mol. The Morgan fingerprint density at radius 3 is 2.50 bits per heavy atom. The molecule has 0 aliphatic carbocycles. The third-order valence-corrected chi connectivity index (χ3v) is 6.28. The fraction of sp³-hybridized carbons (Fsp3) is 0.316. The van der Waals surface area contributed by atoms with Crippen LogP contribution in [-0.4, -0.2) is 39.5 Å². The number of sulfonamides is 1. The summed E-state index contributed by atoms with van der Waals surface area (Å²) in [4.78, 5) is 12.5. The van der Waals surface area contributed by atoms with Crippen LogP contribution in [0.15, 0.2) is 42.5 Å². The summed E-state index contributed by atoms with van der Waals surface area (Å²) in [5, 5.41) is 2.07. The van der Waals surface area contributed by atoms with Crippen LogP contribution in [0.1, 0.15) is 13.3 Å². The van der Waals surface area contributed by atoms with Crippen LogP contribution in [0.5, 0.6) is 11.5 Å². The van der Waals surface area contributed by atoms with Gasteiger partial charge >= 0.3 is 0 Å². The number of hydrazine groups is 1. The minimum Gasteiger partial charge on any atom is -0.495 e. The largest absolute Gasteiger partial charge is 0.495 e. The number of ether oxygens (including phenoxy) is 2. The lowest BCUT2D eigenvalue weighted by molar-refractivity contribution is -0.117.